The van der Waals surface area contributed by atoms with Crippen molar-refractivity contribution >= 4 is 54.0 Å². The molecule has 0 unspecified atom stereocenters. The van der Waals surface area contributed by atoms with Gasteiger partial charge in [-0.2, -0.15) is 0 Å². The molecule has 0 aromatic heterocycles. The third-order valence-corrected chi connectivity index (χ3v) is 18.2. The maximum absolute atomic E-state index is 2.51. The summed E-state index contributed by atoms with van der Waals surface area (Å²) < 4.78 is 0. The van der Waals surface area contributed by atoms with Crippen LogP contribution in [0.1, 0.15) is 0 Å². The van der Waals surface area contributed by atoms with E-state index >= 15 is 0 Å². The SMILES string of the molecule is C[Si]1(C)c2ccccc2-c2ccc(-c3ccc(N(c4ccc(-c5ccccc5)cc4)c4cccc5c4[Si](C)(C)c4ccccc4-5)cc3)cc21. The average molecular weight is 662 g/mol. The van der Waals surface area contributed by atoms with Crippen LogP contribution in [0.4, 0.5) is 17.1 Å². The number of fused-ring (bicyclic) bond motifs is 6. The molecule has 2 aliphatic heterocycles. The molecule has 0 bridgehead atoms. The van der Waals surface area contributed by atoms with Crippen LogP contribution in [0.3, 0.4) is 0 Å². The lowest BCUT2D eigenvalue weighted by molar-refractivity contribution is 1.29. The van der Waals surface area contributed by atoms with E-state index in [1.165, 1.54) is 71.9 Å². The highest BCUT2D eigenvalue weighted by Crippen LogP contribution is 2.41. The molecule has 1 nitrogen and oxygen atoms in total. The molecular weight excluding hydrogens is 623 g/mol. The minimum Gasteiger partial charge on any atom is -0.311 e. The summed E-state index contributed by atoms with van der Waals surface area (Å²) in [6, 6.07) is 61.2. The van der Waals surface area contributed by atoms with E-state index in [0.717, 1.165) is 0 Å². The third kappa shape index (κ3) is 4.64. The fraction of sp³-hybridized carbons (Fsp3) is 0.0870. The quantitative estimate of drug-likeness (QED) is 0.166. The normalized spacial score (nSPS) is 14.4. The summed E-state index contributed by atoms with van der Waals surface area (Å²) in [6.07, 6.45) is 0. The smallest absolute Gasteiger partial charge is 0.116 e. The topological polar surface area (TPSA) is 3.24 Å². The zero-order valence-corrected chi connectivity index (χ0v) is 30.5. The van der Waals surface area contributed by atoms with Gasteiger partial charge in [0.15, 0.2) is 0 Å². The molecule has 7 aromatic rings. The minimum atomic E-state index is -1.97. The summed E-state index contributed by atoms with van der Waals surface area (Å²) in [6.45, 7) is 10.0. The van der Waals surface area contributed by atoms with Crippen LogP contribution in [0.2, 0.25) is 26.2 Å². The number of nitrogens with zero attached hydrogens (tertiary/aromatic N) is 1. The van der Waals surface area contributed by atoms with E-state index in [1.807, 2.05) is 0 Å². The Hall–Kier alpha value is -5.23. The standard InChI is InChI=1S/C46H39NSi2/c1-48(2)43-19-10-8-15-38(43)40-30-25-35(31-45(40)48)34-23-28-37(29-24-34)47(36-26-21-33(22-27-36)32-13-6-5-7-14-32)42-18-12-17-41-39-16-9-11-20-44(39)49(3,4)46(41)42/h5-31H,1-4H3. The molecule has 0 spiro atoms. The Morgan fingerprint density at radius 3 is 1.47 bits per heavy atom. The monoisotopic (exact) mass is 661 g/mol. The molecular formula is C46H39NSi2. The molecule has 0 aliphatic carbocycles. The largest absolute Gasteiger partial charge is 0.311 e. The molecule has 2 aliphatic rings. The summed E-state index contributed by atoms with van der Waals surface area (Å²) in [7, 11) is -3.72. The Labute approximate surface area is 292 Å². The van der Waals surface area contributed by atoms with Crippen LogP contribution in [-0.4, -0.2) is 16.1 Å². The summed E-state index contributed by atoms with van der Waals surface area (Å²) in [5.74, 6) is 0. The van der Waals surface area contributed by atoms with E-state index in [0.29, 0.717) is 0 Å². The molecule has 0 saturated heterocycles. The zero-order chi connectivity index (χ0) is 33.3. The molecule has 49 heavy (non-hydrogen) atoms. The second-order valence-electron chi connectivity index (χ2n) is 14.6. The van der Waals surface area contributed by atoms with Gasteiger partial charge >= 0.3 is 0 Å². The fourth-order valence-electron chi connectivity index (χ4n) is 8.55. The van der Waals surface area contributed by atoms with Crippen molar-refractivity contribution in [3.63, 3.8) is 0 Å². The lowest BCUT2D eigenvalue weighted by Gasteiger charge is -2.31. The van der Waals surface area contributed by atoms with Crippen molar-refractivity contribution in [3.05, 3.63) is 164 Å². The number of benzene rings is 7. The van der Waals surface area contributed by atoms with Gasteiger partial charge in [0, 0.05) is 17.1 Å². The Balaban J connectivity index is 1.16. The van der Waals surface area contributed by atoms with Crippen LogP contribution in [0.25, 0.3) is 44.5 Å². The van der Waals surface area contributed by atoms with Crippen molar-refractivity contribution in [2.75, 3.05) is 4.90 Å². The highest BCUT2D eigenvalue weighted by atomic mass is 28.3. The van der Waals surface area contributed by atoms with E-state index in [1.54, 1.807) is 10.4 Å². The molecule has 3 heteroatoms. The maximum atomic E-state index is 2.51. The van der Waals surface area contributed by atoms with Crippen molar-refractivity contribution in [2.24, 2.45) is 0 Å². The van der Waals surface area contributed by atoms with E-state index in [4.69, 9.17) is 0 Å². The molecule has 236 valence electrons. The molecule has 0 saturated carbocycles. The van der Waals surface area contributed by atoms with E-state index in [-0.39, 0.29) is 0 Å². The van der Waals surface area contributed by atoms with Crippen LogP contribution in [0.15, 0.2) is 164 Å². The van der Waals surface area contributed by atoms with Crippen molar-refractivity contribution in [2.45, 2.75) is 26.2 Å². The molecule has 0 N–H and O–H groups in total. The number of hydrogen-bond acceptors (Lipinski definition) is 1. The van der Waals surface area contributed by atoms with Crippen molar-refractivity contribution < 1.29 is 0 Å². The van der Waals surface area contributed by atoms with Gasteiger partial charge in [-0.15, -0.1) is 0 Å². The van der Waals surface area contributed by atoms with Gasteiger partial charge in [-0.25, -0.2) is 0 Å². The van der Waals surface area contributed by atoms with E-state index in [9.17, 15) is 0 Å². The second-order valence-corrected chi connectivity index (χ2v) is 23.2. The van der Waals surface area contributed by atoms with Gasteiger partial charge in [-0.05, 0) is 95.6 Å². The van der Waals surface area contributed by atoms with Gasteiger partial charge in [0.05, 0.1) is 0 Å². The molecule has 0 atom stereocenters. The highest BCUT2D eigenvalue weighted by Gasteiger charge is 2.40. The first-order valence-electron chi connectivity index (χ1n) is 17.4. The Kier molecular flexibility index (Phi) is 6.81. The van der Waals surface area contributed by atoms with Gasteiger partial charge in [0.1, 0.15) is 16.1 Å². The van der Waals surface area contributed by atoms with Gasteiger partial charge in [0.25, 0.3) is 0 Å². The van der Waals surface area contributed by atoms with Crippen molar-refractivity contribution in [3.8, 4) is 44.5 Å². The van der Waals surface area contributed by atoms with Crippen LogP contribution < -0.4 is 25.6 Å². The van der Waals surface area contributed by atoms with Crippen LogP contribution in [0.5, 0.6) is 0 Å². The van der Waals surface area contributed by atoms with Crippen LogP contribution in [0, 0.1) is 0 Å². The molecule has 7 aromatic carbocycles. The number of hydrogen-bond donors (Lipinski definition) is 0. The summed E-state index contributed by atoms with van der Waals surface area (Å²) >= 11 is 0. The first-order chi connectivity index (χ1) is 23.8. The highest BCUT2D eigenvalue weighted by molar-refractivity contribution is 7.05. The minimum absolute atomic E-state index is 1.17. The lowest BCUT2D eigenvalue weighted by Crippen LogP contribution is -2.50. The predicted molar refractivity (Wildman–Crippen MR) is 216 cm³/mol. The van der Waals surface area contributed by atoms with Crippen LogP contribution in [-0.2, 0) is 0 Å². The fourth-order valence-corrected chi connectivity index (χ4v) is 15.1. The van der Waals surface area contributed by atoms with Gasteiger partial charge in [-0.3, -0.25) is 0 Å². The number of anilines is 3. The third-order valence-electron chi connectivity index (χ3n) is 11.1. The van der Waals surface area contributed by atoms with E-state index in [2.05, 4.69) is 195 Å². The van der Waals surface area contributed by atoms with Crippen molar-refractivity contribution in [1.29, 1.82) is 0 Å². The van der Waals surface area contributed by atoms with Gasteiger partial charge < -0.3 is 4.90 Å². The molecule has 0 fully saturated rings. The molecule has 2 heterocycles. The average Bonchev–Trinajstić information content (AvgIpc) is 3.52. The summed E-state index contributed by atoms with van der Waals surface area (Å²) in [5.41, 5.74) is 14.3. The van der Waals surface area contributed by atoms with Crippen LogP contribution >= 0.6 is 0 Å². The van der Waals surface area contributed by atoms with Crippen molar-refractivity contribution in [1.82, 2.24) is 0 Å². The predicted octanol–water partition coefficient (Wildman–Crippen LogP) is 10.1. The molecule has 0 radical (unpaired) electrons. The first-order valence-corrected chi connectivity index (χ1v) is 23.4. The summed E-state index contributed by atoms with van der Waals surface area (Å²) in [4.78, 5) is 2.49. The molecule has 9 rings (SSSR count). The van der Waals surface area contributed by atoms with Gasteiger partial charge in [0.2, 0.25) is 0 Å². The Morgan fingerprint density at radius 1 is 0.347 bits per heavy atom. The maximum Gasteiger partial charge on any atom is 0.116 e. The first kappa shape index (κ1) is 29.9. The lowest BCUT2D eigenvalue weighted by atomic mass is 10.00. The Morgan fingerprint density at radius 2 is 0.816 bits per heavy atom. The summed E-state index contributed by atoms with van der Waals surface area (Å²) in [5, 5.41) is 6.13. The van der Waals surface area contributed by atoms with Gasteiger partial charge in [-0.1, -0.05) is 160 Å². The second kappa shape index (κ2) is 11.2. The molecule has 0 amide bonds. The number of rotatable bonds is 5. The zero-order valence-electron chi connectivity index (χ0n) is 28.5. The Bertz CT molecular complexity index is 2370. The van der Waals surface area contributed by atoms with E-state index < -0.39 is 16.1 Å².